The van der Waals surface area contributed by atoms with E-state index in [9.17, 15) is 19.7 Å². The standard InChI is InChI=1S/C29H31ClN2O7/c1-15(2)14-39-29(34)26-16(3)31-22-10-18(17-6-9-24(37-4)25(12-17)38-5)11-23(33)28(22)27(26)20-13-19(32(35)36)7-8-21(20)30/h6-9,12-13,15,18,27,31H,10-11,14H2,1-5H3/t18-,27-/m0/s1. The molecule has 0 radical (unpaired) electrons. The van der Waals surface area contributed by atoms with E-state index in [4.69, 9.17) is 25.8 Å². The third-order valence-corrected chi connectivity index (χ3v) is 7.32. The van der Waals surface area contributed by atoms with Gasteiger partial charge in [0.2, 0.25) is 0 Å². The minimum Gasteiger partial charge on any atom is -0.493 e. The number of carbonyl (C=O) groups is 2. The van der Waals surface area contributed by atoms with Gasteiger partial charge >= 0.3 is 5.97 Å². The molecule has 2 aromatic rings. The molecule has 4 rings (SSSR count). The maximum Gasteiger partial charge on any atom is 0.336 e. The molecule has 39 heavy (non-hydrogen) atoms. The summed E-state index contributed by atoms with van der Waals surface area (Å²) in [6, 6.07) is 9.61. The van der Waals surface area contributed by atoms with Crippen molar-refractivity contribution in [3.63, 3.8) is 0 Å². The fraction of sp³-hybridized carbons (Fsp3) is 0.379. The van der Waals surface area contributed by atoms with Gasteiger partial charge in [0.15, 0.2) is 17.3 Å². The first kappa shape index (κ1) is 28.2. The number of ether oxygens (including phenoxy) is 3. The highest BCUT2D eigenvalue weighted by molar-refractivity contribution is 6.31. The minimum atomic E-state index is -0.910. The molecule has 0 fully saturated rings. The number of hydrogen-bond acceptors (Lipinski definition) is 8. The molecule has 10 heteroatoms. The number of esters is 1. The summed E-state index contributed by atoms with van der Waals surface area (Å²) in [5.41, 5.74) is 2.78. The van der Waals surface area contributed by atoms with Crippen molar-refractivity contribution in [3.05, 3.63) is 85.2 Å². The lowest BCUT2D eigenvalue weighted by atomic mass is 9.71. The van der Waals surface area contributed by atoms with E-state index in [0.29, 0.717) is 40.5 Å². The maximum atomic E-state index is 13.8. The molecule has 0 saturated carbocycles. The topological polar surface area (TPSA) is 117 Å². The number of nitrogens with one attached hydrogen (secondary N) is 1. The monoisotopic (exact) mass is 554 g/mol. The van der Waals surface area contributed by atoms with E-state index in [1.54, 1.807) is 27.2 Å². The number of benzene rings is 2. The summed E-state index contributed by atoms with van der Waals surface area (Å²) in [6.07, 6.45) is 0.650. The maximum absolute atomic E-state index is 13.8. The fourth-order valence-corrected chi connectivity index (χ4v) is 5.38. The Morgan fingerprint density at radius 2 is 1.85 bits per heavy atom. The van der Waals surface area contributed by atoms with E-state index < -0.39 is 16.8 Å². The predicted octanol–water partition coefficient (Wildman–Crippen LogP) is 5.83. The van der Waals surface area contributed by atoms with Gasteiger partial charge in [-0.25, -0.2) is 4.79 Å². The first-order chi connectivity index (χ1) is 18.5. The number of non-ortho nitro benzene ring substituents is 1. The molecule has 1 aliphatic carbocycles. The van der Waals surface area contributed by atoms with Crippen LogP contribution in [0.15, 0.2) is 58.9 Å². The van der Waals surface area contributed by atoms with Crippen molar-refractivity contribution in [1.29, 1.82) is 0 Å². The first-order valence-corrected chi connectivity index (χ1v) is 13.0. The Kier molecular flexibility index (Phi) is 8.30. The van der Waals surface area contributed by atoms with Gasteiger partial charge < -0.3 is 19.5 Å². The number of nitro groups is 1. The molecule has 206 valence electrons. The van der Waals surface area contributed by atoms with Crippen molar-refractivity contribution in [3.8, 4) is 11.5 Å². The van der Waals surface area contributed by atoms with E-state index in [-0.39, 0.29) is 46.9 Å². The summed E-state index contributed by atoms with van der Waals surface area (Å²) < 4.78 is 16.4. The number of rotatable bonds is 8. The molecule has 2 atom stereocenters. The van der Waals surface area contributed by atoms with Crippen LogP contribution in [0.25, 0.3) is 0 Å². The number of ketones is 1. The van der Waals surface area contributed by atoms with E-state index >= 15 is 0 Å². The van der Waals surface area contributed by atoms with Crippen LogP contribution in [-0.4, -0.2) is 37.5 Å². The minimum absolute atomic E-state index is 0.0968. The van der Waals surface area contributed by atoms with Gasteiger partial charge in [-0.3, -0.25) is 14.9 Å². The van der Waals surface area contributed by atoms with Gasteiger partial charge in [0.1, 0.15) is 0 Å². The smallest absolute Gasteiger partial charge is 0.336 e. The average molecular weight is 555 g/mol. The molecule has 0 spiro atoms. The van der Waals surface area contributed by atoms with Gasteiger partial charge in [0.25, 0.3) is 5.69 Å². The van der Waals surface area contributed by atoms with Crippen LogP contribution >= 0.6 is 11.6 Å². The second kappa shape index (κ2) is 11.5. The van der Waals surface area contributed by atoms with Crippen LogP contribution in [0.1, 0.15) is 56.6 Å². The SMILES string of the molecule is COc1ccc([C@@H]2CC(=O)C3=C(C2)NC(C)=C(C(=O)OCC(C)C)[C@@H]3c2cc([N+](=O)[O-])ccc2Cl)cc1OC. The molecule has 9 nitrogen and oxygen atoms in total. The molecule has 1 aliphatic heterocycles. The van der Waals surface area contributed by atoms with Crippen molar-refractivity contribution < 1.29 is 28.7 Å². The Morgan fingerprint density at radius 3 is 2.49 bits per heavy atom. The number of methoxy groups -OCH3 is 2. The van der Waals surface area contributed by atoms with Crippen molar-refractivity contribution in [2.24, 2.45) is 5.92 Å². The quantitative estimate of drug-likeness (QED) is 0.246. The van der Waals surface area contributed by atoms with E-state index in [1.807, 2.05) is 26.0 Å². The van der Waals surface area contributed by atoms with Gasteiger partial charge in [-0.15, -0.1) is 0 Å². The lowest BCUT2D eigenvalue weighted by molar-refractivity contribution is -0.384. The third-order valence-electron chi connectivity index (χ3n) is 6.98. The van der Waals surface area contributed by atoms with Crippen LogP contribution in [0.3, 0.4) is 0 Å². The molecule has 2 aromatic carbocycles. The molecular formula is C29H31ClN2O7. The van der Waals surface area contributed by atoms with E-state index in [2.05, 4.69) is 5.32 Å². The van der Waals surface area contributed by atoms with Crippen LogP contribution in [0, 0.1) is 16.0 Å². The molecule has 0 saturated heterocycles. The molecule has 0 bridgehead atoms. The summed E-state index contributed by atoms with van der Waals surface area (Å²) in [5, 5.41) is 15.1. The van der Waals surface area contributed by atoms with Crippen LogP contribution < -0.4 is 14.8 Å². The molecule has 0 amide bonds. The Balaban J connectivity index is 1.82. The number of nitrogens with zero attached hydrogens (tertiary/aromatic N) is 1. The van der Waals surface area contributed by atoms with Crippen LogP contribution in [0.4, 0.5) is 5.69 Å². The van der Waals surface area contributed by atoms with Crippen molar-refractivity contribution >= 4 is 29.0 Å². The Labute approximate surface area is 231 Å². The van der Waals surface area contributed by atoms with Crippen molar-refractivity contribution in [2.75, 3.05) is 20.8 Å². The summed E-state index contributed by atoms with van der Waals surface area (Å²) in [7, 11) is 3.11. The predicted molar refractivity (Wildman–Crippen MR) is 146 cm³/mol. The largest absolute Gasteiger partial charge is 0.493 e. The number of hydrogen-bond donors (Lipinski definition) is 1. The first-order valence-electron chi connectivity index (χ1n) is 12.6. The van der Waals surface area contributed by atoms with Crippen molar-refractivity contribution in [2.45, 2.75) is 45.4 Å². The van der Waals surface area contributed by atoms with E-state index in [0.717, 1.165) is 5.56 Å². The number of Topliss-reactive ketones (excluding diaryl/α,β-unsaturated/α-hetero) is 1. The van der Waals surface area contributed by atoms with Crippen LogP contribution in [0.2, 0.25) is 5.02 Å². The highest BCUT2D eigenvalue weighted by Crippen LogP contribution is 2.48. The van der Waals surface area contributed by atoms with E-state index in [1.165, 1.54) is 18.2 Å². The lowest BCUT2D eigenvalue weighted by Crippen LogP contribution is -2.36. The van der Waals surface area contributed by atoms with Gasteiger partial charge in [0, 0.05) is 46.5 Å². The van der Waals surface area contributed by atoms with Crippen LogP contribution in [0.5, 0.6) is 11.5 Å². The third kappa shape index (κ3) is 5.63. The Morgan fingerprint density at radius 1 is 1.13 bits per heavy atom. The Hall–Kier alpha value is -3.85. The highest BCUT2D eigenvalue weighted by atomic mass is 35.5. The number of carbonyl (C=O) groups excluding carboxylic acids is 2. The van der Waals surface area contributed by atoms with Gasteiger partial charge in [-0.1, -0.05) is 31.5 Å². The van der Waals surface area contributed by atoms with Gasteiger partial charge in [-0.2, -0.15) is 0 Å². The number of allylic oxidation sites excluding steroid dienone is 3. The number of dihydropyridines is 1. The lowest BCUT2D eigenvalue weighted by Gasteiger charge is -2.37. The number of nitro benzene ring substituents is 1. The molecule has 1 N–H and O–H groups in total. The molecule has 0 unspecified atom stereocenters. The summed E-state index contributed by atoms with van der Waals surface area (Å²) in [5.74, 6) is -0.603. The zero-order valence-corrected chi connectivity index (χ0v) is 23.3. The Bertz CT molecular complexity index is 1400. The van der Waals surface area contributed by atoms with Gasteiger partial charge in [0.05, 0.1) is 31.3 Å². The number of halogens is 1. The summed E-state index contributed by atoms with van der Waals surface area (Å²) in [4.78, 5) is 38.3. The van der Waals surface area contributed by atoms with Crippen LogP contribution in [-0.2, 0) is 14.3 Å². The average Bonchev–Trinajstić information content (AvgIpc) is 2.90. The molecular weight excluding hydrogens is 524 g/mol. The second-order valence-electron chi connectivity index (χ2n) is 10.1. The van der Waals surface area contributed by atoms with Gasteiger partial charge in [-0.05, 0) is 54.5 Å². The zero-order chi connectivity index (χ0) is 28.4. The molecule has 0 aromatic heterocycles. The zero-order valence-electron chi connectivity index (χ0n) is 22.5. The normalized spacial score (nSPS) is 19.0. The summed E-state index contributed by atoms with van der Waals surface area (Å²) in [6.45, 7) is 5.76. The molecule has 1 heterocycles. The van der Waals surface area contributed by atoms with Crippen molar-refractivity contribution in [1.82, 2.24) is 5.32 Å². The summed E-state index contributed by atoms with van der Waals surface area (Å²) >= 11 is 6.57. The molecule has 2 aliphatic rings. The second-order valence-corrected chi connectivity index (χ2v) is 10.5. The highest BCUT2D eigenvalue weighted by Gasteiger charge is 2.42. The fourth-order valence-electron chi connectivity index (χ4n) is 5.15.